The van der Waals surface area contributed by atoms with Crippen LogP contribution in [0.25, 0.3) is 0 Å². The smallest absolute Gasteiger partial charge is 0.450 e. The second-order valence-electron chi connectivity index (χ2n) is 9.61. The van der Waals surface area contributed by atoms with Crippen molar-refractivity contribution in [1.82, 2.24) is 0 Å². The average Bonchev–Trinajstić information content (AvgIpc) is 2.74. The normalized spacial score (nSPS) is 11.7. The quantitative estimate of drug-likeness (QED) is 0.130. The van der Waals surface area contributed by atoms with Gasteiger partial charge in [-0.25, -0.2) is 4.79 Å². The van der Waals surface area contributed by atoms with Gasteiger partial charge < -0.3 is 9.84 Å². The molecule has 0 unspecified atom stereocenters. The first kappa shape index (κ1) is 29.3. The number of carbonyl (C=O) groups is 1. The van der Waals surface area contributed by atoms with Crippen LogP contribution in [0.1, 0.15) is 156 Å². The van der Waals surface area contributed by atoms with E-state index in [-0.39, 0.29) is 5.41 Å². The fourth-order valence-electron chi connectivity index (χ4n) is 4.65. The summed E-state index contributed by atoms with van der Waals surface area (Å²) >= 11 is 0. The lowest BCUT2D eigenvalue weighted by Crippen LogP contribution is -2.29. The number of rotatable bonds is 23. The first-order valence-electron chi connectivity index (χ1n) is 13.5. The van der Waals surface area contributed by atoms with Crippen molar-refractivity contribution >= 4 is 6.16 Å². The van der Waals surface area contributed by atoms with E-state index in [1.54, 1.807) is 0 Å². The third-order valence-electron chi connectivity index (χ3n) is 6.68. The topological polar surface area (TPSA) is 46.5 Å². The maximum absolute atomic E-state index is 11.2. The maximum Gasteiger partial charge on any atom is 0.505 e. The second-order valence-corrected chi connectivity index (χ2v) is 9.61. The molecule has 0 fully saturated rings. The molecule has 0 aromatic carbocycles. The Kier molecular flexibility index (Phi) is 21.0. The Morgan fingerprint density at radius 3 is 1.17 bits per heavy atom. The lowest BCUT2D eigenvalue weighted by Gasteiger charge is -2.33. The Morgan fingerprint density at radius 1 is 0.567 bits per heavy atom. The van der Waals surface area contributed by atoms with Crippen LogP contribution in [-0.4, -0.2) is 17.9 Å². The van der Waals surface area contributed by atoms with E-state index in [0.717, 1.165) is 19.3 Å². The van der Waals surface area contributed by atoms with Gasteiger partial charge in [-0.15, -0.1) is 0 Å². The van der Waals surface area contributed by atoms with Gasteiger partial charge in [0, 0.05) is 5.41 Å². The third kappa shape index (κ3) is 18.1. The molecule has 0 atom stereocenters. The zero-order chi connectivity index (χ0) is 22.3. The van der Waals surface area contributed by atoms with E-state index in [2.05, 4.69) is 20.8 Å². The van der Waals surface area contributed by atoms with Crippen LogP contribution >= 0.6 is 0 Å². The largest absolute Gasteiger partial charge is 0.505 e. The molecule has 0 aliphatic rings. The lowest BCUT2D eigenvalue weighted by molar-refractivity contribution is 0.0291. The van der Waals surface area contributed by atoms with Crippen LogP contribution in [0.2, 0.25) is 0 Å². The monoisotopic (exact) mass is 426 g/mol. The summed E-state index contributed by atoms with van der Waals surface area (Å²) in [7, 11) is 0. The molecule has 0 aromatic rings. The van der Waals surface area contributed by atoms with Crippen LogP contribution in [0, 0.1) is 5.41 Å². The van der Waals surface area contributed by atoms with Crippen LogP contribution in [0.15, 0.2) is 0 Å². The van der Waals surface area contributed by atoms with E-state index in [9.17, 15) is 4.79 Å². The van der Waals surface area contributed by atoms with Gasteiger partial charge in [-0.05, 0) is 19.3 Å². The van der Waals surface area contributed by atoms with Gasteiger partial charge in [-0.2, -0.15) is 0 Å². The molecule has 1 N–H and O–H groups in total. The van der Waals surface area contributed by atoms with Gasteiger partial charge in [0.15, 0.2) is 0 Å². The van der Waals surface area contributed by atoms with E-state index in [0.29, 0.717) is 6.61 Å². The first-order valence-corrected chi connectivity index (χ1v) is 13.5. The first-order chi connectivity index (χ1) is 14.6. The van der Waals surface area contributed by atoms with Gasteiger partial charge >= 0.3 is 6.16 Å². The van der Waals surface area contributed by atoms with E-state index in [1.807, 2.05) is 0 Å². The van der Waals surface area contributed by atoms with Crippen molar-refractivity contribution in [3.63, 3.8) is 0 Å². The lowest BCUT2D eigenvalue weighted by atomic mass is 9.74. The van der Waals surface area contributed by atoms with E-state index in [4.69, 9.17) is 9.84 Å². The summed E-state index contributed by atoms with van der Waals surface area (Å²) in [5, 5.41) is 9.16. The minimum atomic E-state index is -1.10. The molecule has 180 valence electrons. The zero-order valence-electron chi connectivity index (χ0n) is 20.8. The molecule has 0 amide bonds. The molecule has 30 heavy (non-hydrogen) atoms. The Morgan fingerprint density at radius 2 is 0.867 bits per heavy atom. The summed E-state index contributed by atoms with van der Waals surface area (Å²) in [4.78, 5) is 11.2. The average molecular weight is 427 g/mol. The fraction of sp³-hybridized carbons (Fsp3) is 0.963. The minimum Gasteiger partial charge on any atom is -0.450 e. The third-order valence-corrected chi connectivity index (χ3v) is 6.68. The molecule has 0 saturated heterocycles. The van der Waals surface area contributed by atoms with Gasteiger partial charge in [0.05, 0.1) is 0 Å². The predicted molar refractivity (Wildman–Crippen MR) is 130 cm³/mol. The van der Waals surface area contributed by atoms with E-state index in [1.165, 1.54) is 116 Å². The van der Waals surface area contributed by atoms with E-state index >= 15 is 0 Å². The number of hydrogen-bond acceptors (Lipinski definition) is 2. The summed E-state index contributed by atoms with van der Waals surface area (Å²) in [5.74, 6) is 0. The highest BCUT2D eigenvalue weighted by Gasteiger charge is 2.30. The van der Waals surface area contributed by atoms with Crippen LogP contribution in [0.4, 0.5) is 4.79 Å². The standard InChI is InChI=1S/C27H54O3/c1-4-7-10-13-16-19-22-27(25-30-26(28)29,23-20-17-14-11-8-5-2)24-21-18-15-12-9-6-3/h4-25H2,1-3H3,(H,28,29). The maximum atomic E-state index is 11.2. The molecular weight excluding hydrogens is 372 g/mol. The highest BCUT2D eigenvalue weighted by molar-refractivity contribution is 5.56. The van der Waals surface area contributed by atoms with Crippen molar-refractivity contribution in [2.45, 2.75) is 156 Å². The molecule has 0 rings (SSSR count). The molecule has 0 heterocycles. The summed E-state index contributed by atoms with van der Waals surface area (Å²) in [6.07, 6.45) is 25.6. The van der Waals surface area contributed by atoms with Gasteiger partial charge in [-0.3, -0.25) is 0 Å². The van der Waals surface area contributed by atoms with Gasteiger partial charge in [0.2, 0.25) is 0 Å². The zero-order valence-corrected chi connectivity index (χ0v) is 20.8. The minimum absolute atomic E-state index is 0.0681. The van der Waals surface area contributed by atoms with Gasteiger partial charge in [-0.1, -0.05) is 136 Å². The van der Waals surface area contributed by atoms with Crippen LogP contribution in [0.5, 0.6) is 0 Å². The molecule has 0 radical (unpaired) electrons. The number of ether oxygens (including phenoxy) is 1. The number of unbranched alkanes of at least 4 members (excludes halogenated alkanes) is 15. The van der Waals surface area contributed by atoms with Gasteiger partial charge in [0.25, 0.3) is 0 Å². The Labute approximate surface area is 188 Å². The molecule has 3 nitrogen and oxygen atoms in total. The van der Waals surface area contributed by atoms with Crippen LogP contribution in [0.3, 0.4) is 0 Å². The predicted octanol–water partition coefficient (Wildman–Crippen LogP) is 9.92. The highest BCUT2D eigenvalue weighted by Crippen LogP contribution is 2.38. The molecule has 0 spiro atoms. The van der Waals surface area contributed by atoms with Crippen molar-refractivity contribution < 1.29 is 14.6 Å². The van der Waals surface area contributed by atoms with Crippen molar-refractivity contribution in [1.29, 1.82) is 0 Å². The highest BCUT2D eigenvalue weighted by atomic mass is 16.7. The molecule has 0 saturated carbocycles. The number of carboxylic acid groups (broad SMARTS) is 1. The number of hydrogen-bond donors (Lipinski definition) is 1. The molecular formula is C27H54O3. The molecule has 0 aliphatic carbocycles. The molecule has 3 heteroatoms. The van der Waals surface area contributed by atoms with Crippen molar-refractivity contribution in [2.24, 2.45) is 5.41 Å². The summed E-state index contributed by atoms with van der Waals surface area (Å²) < 4.78 is 5.21. The Balaban J connectivity index is 4.68. The van der Waals surface area contributed by atoms with Crippen LogP contribution < -0.4 is 0 Å². The second kappa shape index (κ2) is 21.5. The molecule has 0 aromatic heterocycles. The SMILES string of the molecule is CCCCCCCCC(CCCCCCCC)(CCCCCCCC)COC(=O)O. The van der Waals surface area contributed by atoms with Crippen molar-refractivity contribution in [2.75, 3.05) is 6.61 Å². The van der Waals surface area contributed by atoms with Crippen molar-refractivity contribution in [3.05, 3.63) is 0 Å². The van der Waals surface area contributed by atoms with E-state index < -0.39 is 6.16 Å². The van der Waals surface area contributed by atoms with Crippen LogP contribution in [-0.2, 0) is 4.74 Å². The summed E-state index contributed by atoms with van der Waals surface area (Å²) in [6, 6.07) is 0. The molecule has 0 aliphatic heterocycles. The summed E-state index contributed by atoms with van der Waals surface area (Å²) in [6.45, 7) is 7.18. The van der Waals surface area contributed by atoms with Crippen molar-refractivity contribution in [3.8, 4) is 0 Å². The molecule has 0 bridgehead atoms. The summed E-state index contributed by atoms with van der Waals surface area (Å²) in [5.41, 5.74) is 0.0681. The Hall–Kier alpha value is -0.730. The fourth-order valence-corrected chi connectivity index (χ4v) is 4.65. The Bertz CT molecular complexity index is 326. The van der Waals surface area contributed by atoms with Gasteiger partial charge in [0.1, 0.15) is 6.61 Å².